The van der Waals surface area contributed by atoms with Gasteiger partial charge in [0.25, 0.3) is 0 Å². The summed E-state index contributed by atoms with van der Waals surface area (Å²) in [6, 6.07) is 8.44. The summed E-state index contributed by atoms with van der Waals surface area (Å²) in [6.07, 6.45) is 10.1. The van der Waals surface area contributed by atoms with Crippen LogP contribution in [0.1, 0.15) is 75.3 Å². The molecule has 1 aliphatic rings. The standard InChI is InChI=1S/C20H30N2O2/c21-19(23)12-7-5-3-1-2-4-6-8-13-20(24)22-15-17-10-9-11-18(14-17)16-22/h9-11,14H,1-8,12-13,15-16H2,(H2,21,23). The highest BCUT2D eigenvalue weighted by Gasteiger charge is 2.18. The lowest BCUT2D eigenvalue weighted by atomic mass is 10.0. The summed E-state index contributed by atoms with van der Waals surface area (Å²) in [6.45, 7) is 1.52. The molecule has 0 fully saturated rings. The molecule has 2 N–H and O–H groups in total. The van der Waals surface area contributed by atoms with Gasteiger partial charge in [0.2, 0.25) is 11.8 Å². The first-order valence-electron chi connectivity index (χ1n) is 9.29. The zero-order valence-electron chi connectivity index (χ0n) is 14.6. The predicted molar refractivity (Wildman–Crippen MR) is 96.1 cm³/mol. The van der Waals surface area contributed by atoms with E-state index < -0.39 is 0 Å². The topological polar surface area (TPSA) is 63.4 Å². The number of nitrogens with two attached hydrogens (primary N) is 1. The van der Waals surface area contributed by atoms with Gasteiger partial charge in [0.05, 0.1) is 0 Å². The van der Waals surface area contributed by atoms with Crippen molar-refractivity contribution in [3.05, 3.63) is 35.4 Å². The van der Waals surface area contributed by atoms with Gasteiger partial charge < -0.3 is 10.6 Å². The molecule has 2 rings (SSSR count). The molecule has 0 aliphatic carbocycles. The highest BCUT2D eigenvalue weighted by Crippen LogP contribution is 2.19. The quantitative estimate of drug-likeness (QED) is 0.625. The zero-order chi connectivity index (χ0) is 17.2. The zero-order valence-corrected chi connectivity index (χ0v) is 14.6. The van der Waals surface area contributed by atoms with E-state index in [1.54, 1.807) is 0 Å². The number of fused-ring (bicyclic) bond motifs is 2. The maximum atomic E-state index is 12.3. The second-order valence-corrected chi connectivity index (χ2v) is 6.86. The molecule has 2 amide bonds. The molecule has 132 valence electrons. The van der Waals surface area contributed by atoms with Gasteiger partial charge in [0.15, 0.2) is 0 Å². The van der Waals surface area contributed by atoms with Crippen LogP contribution in [0.4, 0.5) is 0 Å². The smallest absolute Gasteiger partial charge is 0.223 e. The van der Waals surface area contributed by atoms with E-state index in [1.165, 1.54) is 36.8 Å². The fourth-order valence-electron chi connectivity index (χ4n) is 3.29. The molecule has 1 aromatic rings. The molecule has 4 heteroatoms. The number of unbranched alkanes of at least 4 members (excludes halogenated alkanes) is 7. The third-order valence-electron chi connectivity index (χ3n) is 4.65. The molecule has 4 nitrogen and oxygen atoms in total. The SMILES string of the molecule is NC(=O)CCCCCCCCCCC(=O)N1Cc2cccc(c2)C1. The van der Waals surface area contributed by atoms with Crippen molar-refractivity contribution in [1.29, 1.82) is 0 Å². The lowest BCUT2D eigenvalue weighted by Crippen LogP contribution is -2.32. The molecular formula is C20H30N2O2. The minimum Gasteiger partial charge on any atom is -0.370 e. The van der Waals surface area contributed by atoms with Gasteiger partial charge in [-0.1, -0.05) is 62.8 Å². The van der Waals surface area contributed by atoms with Gasteiger partial charge in [-0.05, 0) is 24.0 Å². The van der Waals surface area contributed by atoms with E-state index in [0.717, 1.165) is 38.8 Å². The summed E-state index contributed by atoms with van der Waals surface area (Å²) in [5.41, 5.74) is 7.59. The molecule has 0 aromatic heterocycles. The predicted octanol–water partition coefficient (Wildman–Crippen LogP) is 3.92. The number of amides is 2. The molecule has 1 aromatic carbocycles. The van der Waals surface area contributed by atoms with E-state index in [2.05, 4.69) is 24.3 Å². The summed E-state index contributed by atoms with van der Waals surface area (Å²) in [5.74, 6) is 0.0915. The fraction of sp³-hybridized carbons (Fsp3) is 0.600. The largest absolute Gasteiger partial charge is 0.370 e. The van der Waals surface area contributed by atoms with Gasteiger partial charge in [-0.25, -0.2) is 0 Å². The van der Waals surface area contributed by atoms with Crippen LogP contribution in [-0.2, 0) is 22.7 Å². The van der Waals surface area contributed by atoms with Crippen molar-refractivity contribution >= 4 is 11.8 Å². The molecule has 2 bridgehead atoms. The first-order chi connectivity index (χ1) is 11.6. The monoisotopic (exact) mass is 330 g/mol. The van der Waals surface area contributed by atoms with Gasteiger partial charge in [-0.3, -0.25) is 9.59 Å². The summed E-state index contributed by atoms with van der Waals surface area (Å²) in [4.78, 5) is 24.9. The summed E-state index contributed by atoms with van der Waals surface area (Å²) in [5, 5.41) is 0. The van der Waals surface area contributed by atoms with Crippen molar-refractivity contribution in [2.45, 2.75) is 77.3 Å². The Kier molecular flexibility index (Phi) is 7.80. The van der Waals surface area contributed by atoms with Gasteiger partial charge in [0, 0.05) is 25.9 Å². The Morgan fingerprint density at radius 3 is 1.88 bits per heavy atom. The average Bonchev–Trinajstić information content (AvgIpc) is 2.55. The number of primary amides is 1. The number of carbonyl (C=O) groups excluding carboxylic acids is 2. The maximum Gasteiger partial charge on any atom is 0.223 e. The van der Waals surface area contributed by atoms with Crippen LogP contribution in [-0.4, -0.2) is 16.7 Å². The first-order valence-corrected chi connectivity index (χ1v) is 9.29. The van der Waals surface area contributed by atoms with Gasteiger partial charge in [0.1, 0.15) is 0 Å². The molecular weight excluding hydrogens is 300 g/mol. The number of benzene rings is 1. The third-order valence-corrected chi connectivity index (χ3v) is 4.65. The number of hydrogen-bond donors (Lipinski definition) is 1. The Hall–Kier alpha value is -1.84. The van der Waals surface area contributed by atoms with Crippen molar-refractivity contribution in [3.8, 4) is 0 Å². The third kappa shape index (κ3) is 6.73. The number of carbonyl (C=O) groups is 2. The van der Waals surface area contributed by atoms with Crippen LogP contribution < -0.4 is 5.73 Å². The highest BCUT2D eigenvalue weighted by atomic mass is 16.2. The van der Waals surface area contributed by atoms with Gasteiger partial charge in [-0.2, -0.15) is 0 Å². The minimum atomic E-state index is -0.194. The summed E-state index contributed by atoms with van der Waals surface area (Å²) in [7, 11) is 0. The number of rotatable bonds is 11. The Morgan fingerprint density at radius 2 is 1.33 bits per heavy atom. The molecule has 0 saturated heterocycles. The summed E-state index contributed by atoms with van der Waals surface area (Å²) < 4.78 is 0. The molecule has 24 heavy (non-hydrogen) atoms. The Morgan fingerprint density at radius 1 is 0.833 bits per heavy atom. The second kappa shape index (κ2) is 10.1. The summed E-state index contributed by atoms with van der Waals surface area (Å²) >= 11 is 0. The van der Waals surface area contributed by atoms with Crippen LogP contribution in [0, 0.1) is 0 Å². The number of hydrogen-bond acceptors (Lipinski definition) is 2. The van der Waals surface area contributed by atoms with E-state index in [4.69, 9.17) is 5.73 Å². The lowest BCUT2D eigenvalue weighted by Gasteiger charge is -2.27. The molecule has 1 aliphatic heterocycles. The highest BCUT2D eigenvalue weighted by molar-refractivity contribution is 5.76. The van der Waals surface area contributed by atoms with Crippen LogP contribution in [0.15, 0.2) is 24.3 Å². The molecule has 0 spiro atoms. The van der Waals surface area contributed by atoms with Crippen molar-refractivity contribution in [3.63, 3.8) is 0 Å². The maximum absolute atomic E-state index is 12.3. The van der Waals surface area contributed by atoms with Gasteiger partial charge >= 0.3 is 0 Å². The average molecular weight is 330 g/mol. The van der Waals surface area contributed by atoms with Crippen molar-refractivity contribution < 1.29 is 9.59 Å². The first kappa shape index (κ1) is 18.5. The lowest BCUT2D eigenvalue weighted by molar-refractivity contribution is -0.132. The van der Waals surface area contributed by atoms with E-state index in [-0.39, 0.29) is 11.8 Å². The Bertz CT molecular complexity index is 521. The Balaban J connectivity index is 1.46. The van der Waals surface area contributed by atoms with E-state index in [0.29, 0.717) is 12.8 Å². The normalized spacial score (nSPS) is 13.1. The molecule has 0 unspecified atom stereocenters. The van der Waals surface area contributed by atoms with Crippen LogP contribution >= 0.6 is 0 Å². The van der Waals surface area contributed by atoms with E-state index in [9.17, 15) is 9.59 Å². The van der Waals surface area contributed by atoms with E-state index >= 15 is 0 Å². The van der Waals surface area contributed by atoms with Crippen LogP contribution in [0.25, 0.3) is 0 Å². The number of nitrogens with zero attached hydrogens (tertiary/aromatic N) is 1. The molecule has 0 atom stereocenters. The second-order valence-electron chi connectivity index (χ2n) is 6.86. The van der Waals surface area contributed by atoms with Crippen LogP contribution in [0.2, 0.25) is 0 Å². The van der Waals surface area contributed by atoms with Crippen LogP contribution in [0.5, 0.6) is 0 Å². The van der Waals surface area contributed by atoms with Crippen molar-refractivity contribution in [2.24, 2.45) is 5.73 Å². The Labute approximate surface area is 145 Å². The van der Waals surface area contributed by atoms with Crippen molar-refractivity contribution in [1.82, 2.24) is 4.90 Å². The van der Waals surface area contributed by atoms with Crippen molar-refractivity contribution in [2.75, 3.05) is 0 Å². The van der Waals surface area contributed by atoms with E-state index in [1.807, 2.05) is 4.90 Å². The molecule has 0 radical (unpaired) electrons. The molecule has 0 saturated carbocycles. The van der Waals surface area contributed by atoms with Gasteiger partial charge in [-0.15, -0.1) is 0 Å². The fourth-order valence-corrected chi connectivity index (χ4v) is 3.29. The molecule has 1 heterocycles. The minimum absolute atomic E-state index is 0.194. The van der Waals surface area contributed by atoms with Crippen LogP contribution in [0.3, 0.4) is 0 Å².